The molecule has 0 fully saturated rings. The average Bonchev–Trinajstić information content (AvgIpc) is 2.88. The van der Waals surface area contributed by atoms with Gasteiger partial charge in [0.15, 0.2) is 0 Å². The summed E-state index contributed by atoms with van der Waals surface area (Å²) in [6, 6.07) is 18.5. The van der Waals surface area contributed by atoms with Gasteiger partial charge in [-0.25, -0.2) is 8.42 Å². The Kier molecular flexibility index (Phi) is 10.0. The number of benzene rings is 3. The van der Waals surface area contributed by atoms with E-state index in [1.54, 1.807) is 67.6 Å². The quantitative estimate of drug-likeness (QED) is 0.322. The maximum absolute atomic E-state index is 13.9. The topological polar surface area (TPSA) is 86.8 Å². The van der Waals surface area contributed by atoms with Crippen LogP contribution in [0.1, 0.15) is 18.9 Å². The van der Waals surface area contributed by atoms with Crippen molar-refractivity contribution in [2.75, 3.05) is 17.9 Å². The number of sulfonamides is 1. The van der Waals surface area contributed by atoms with Crippen LogP contribution in [0.4, 0.5) is 5.69 Å². The van der Waals surface area contributed by atoms with E-state index in [0.717, 1.165) is 4.31 Å². The molecule has 37 heavy (non-hydrogen) atoms. The highest BCUT2D eigenvalue weighted by atomic mass is 79.9. The Balaban J connectivity index is 2.07. The zero-order valence-corrected chi connectivity index (χ0v) is 24.1. The maximum atomic E-state index is 13.9. The molecule has 0 aliphatic rings. The minimum atomic E-state index is -4.12. The minimum absolute atomic E-state index is 0.0154. The van der Waals surface area contributed by atoms with Gasteiger partial charge < -0.3 is 10.2 Å². The summed E-state index contributed by atoms with van der Waals surface area (Å²) in [7, 11) is -2.64. The highest BCUT2D eigenvalue weighted by Crippen LogP contribution is 2.28. The second-order valence-corrected chi connectivity index (χ2v) is 11.7. The first-order chi connectivity index (χ1) is 17.6. The second-order valence-electron chi connectivity index (χ2n) is 8.10. The number of carbonyl (C=O) groups excluding carboxylic acids is 2. The fourth-order valence-corrected chi connectivity index (χ4v) is 6.08. The predicted octanol–water partition coefficient (Wildman–Crippen LogP) is 5.50. The molecule has 0 aliphatic heterocycles. The smallest absolute Gasteiger partial charge is 0.264 e. The molecule has 0 unspecified atom stereocenters. The van der Waals surface area contributed by atoms with Crippen LogP contribution in [-0.2, 0) is 26.2 Å². The van der Waals surface area contributed by atoms with Gasteiger partial charge in [0.25, 0.3) is 10.0 Å². The summed E-state index contributed by atoms with van der Waals surface area (Å²) in [6.07, 6.45) is 0.305. The van der Waals surface area contributed by atoms with Gasteiger partial charge in [-0.1, -0.05) is 76.4 Å². The van der Waals surface area contributed by atoms with Crippen molar-refractivity contribution < 1.29 is 18.0 Å². The van der Waals surface area contributed by atoms with Crippen molar-refractivity contribution in [3.8, 4) is 0 Å². The molecule has 0 spiro atoms. The molecular formula is C26H26BrCl2N3O4S. The van der Waals surface area contributed by atoms with Crippen molar-refractivity contribution in [2.45, 2.75) is 30.8 Å². The minimum Gasteiger partial charge on any atom is -0.357 e. The summed E-state index contributed by atoms with van der Waals surface area (Å²) in [4.78, 5) is 28.0. The number of hydrogen-bond acceptors (Lipinski definition) is 4. The van der Waals surface area contributed by atoms with Gasteiger partial charge in [-0.3, -0.25) is 13.9 Å². The van der Waals surface area contributed by atoms with E-state index in [1.807, 2.05) is 0 Å². The molecule has 0 bridgehead atoms. The summed E-state index contributed by atoms with van der Waals surface area (Å²) in [5.41, 5.74) is 0.866. The monoisotopic (exact) mass is 625 g/mol. The molecule has 7 nitrogen and oxygen atoms in total. The number of nitrogens with one attached hydrogen (secondary N) is 1. The van der Waals surface area contributed by atoms with Gasteiger partial charge >= 0.3 is 0 Å². The molecule has 3 rings (SSSR count). The highest BCUT2D eigenvalue weighted by molar-refractivity contribution is 9.10. The number of anilines is 1. The third-order valence-corrected chi connectivity index (χ3v) is 8.56. The zero-order chi connectivity index (χ0) is 27.2. The number of hydrogen-bond donors (Lipinski definition) is 1. The van der Waals surface area contributed by atoms with Gasteiger partial charge in [-0.15, -0.1) is 0 Å². The van der Waals surface area contributed by atoms with Gasteiger partial charge in [-0.2, -0.15) is 0 Å². The number of likely N-dealkylation sites (N-methyl/N-ethyl adjacent to an activating group) is 1. The Morgan fingerprint density at radius 2 is 1.70 bits per heavy atom. The van der Waals surface area contributed by atoms with Crippen molar-refractivity contribution >= 4 is 66.7 Å². The molecule has 0 heterocycles. The number of nitrogens with zero attached hydrogens (tertiary/aromatic N) is 2. The maximum Gasteiger partial charge on any atom is 0.264 e. The van der Waals surface area contributed by atoms with Gasteiger partial charge in [0, 0.05) is 28.1 Å². The van der Waals surface area contributed by atoms with Crippen LogP contribution in [0.15, 0.2) is 82.2 Å². The van der Waals surface area contributed by atoms with Crippen molar-refractivity contribution in [3.05, 3.63) is 92.9 Å². The zero-order valence-electron chi connectivity index (χ0n) is 20.2. The first-order valence-corrected chi connectivity index (χ1v) is 14.4. The summed E-state index contributed by atoms with van der Waals surface area (Å²) in [6.45, 7) is 1.22. The largest absolute Gasteiger partial charge is 0.357 e. The highest BCUT2D eigenvalue weighted by Gasteiger charge is 2.33. The van der Waals surface area contributed by atoms with E-state index in [4.69, 9.17) is 23.2 Å². The lowest BCUT2D eigenvalue weighted by atomic mass is 10.1. The van der Waals surface area contributed by atoms with E-state index in [9.17, 15) is 18.0 Å². The van der Waals surface area contributed by atoms with Crippen molar-refractivity contribution in [1.82, 2.24) is 10.2 Å². The van der Waals surface area contributed by atoms with Crippen LogP contribution in [0.25, 0.3) is 0 Å². The van der Waals surface area contributed by atoms with Crippen molar-refractivity contribution in [1.29, 1.82) is 0 Å². The molecule has 0 radical (unpaired) electrons. The van der Waals surface area contributed by atoms with Crippen LogP contribution in [-0.4, -0.2) is 44.8 Å². The van der Waals surface area contributed by atoms with E-state index >= 15 is 0 Å². The van der Waals surface area contributed by atoms with Gasteiger partial charge in [-0.05, 0) is 54.4 Å². The molecule has 11 heteroatoms. The van der Waals surface area contributed by atoms with Crippen molar-refractivity contribution in [3.63, 3.8) is 0 Å². The molecule has 3 aromatic rings. The molecule has 196 valence electrons. The Morgan fingerprint density at radius 1 is 1.00 bits per heavy atom. The van der Waals surface area contributed by atoms with Crippen LogP contribution in [0.5, 0.6) is 0 Å². The molecule has 0 aliphatic carbocycles. The normalized spacial score (nSPS) is 12.0. The lowest BCUT2D eigenvalue weighted by molar-refractivity contribution is -0.140. The third kappa shape index (κ3) is 7.04. The van der Waals surface area contributed by atoms with Crippen LogP contribution in [0.2, 0.25) is 10.0 Å². The Labute approximate surface area is 235 Å². The number of carbonyl (C=O) groups is 2. The second kappa shape index (κ2) is 12.8. The summed E-state index contributed by atoms with van der Waals surface area (Å²) >= 11 is 15.8. The molecular weight excluding hydrogens is 601 g/mol. The van der Waals surface area contributed by atoms with Gasteiger partial charge in [0.1, 0.15) is 12.6 Å². The Hall–Kier alpha value is -2.59. The number of rotatable bonds is 10. The summed E-state index contributed by atoms with van der Waals surface area (Å²) < 4.78 is 29.1. The Bertz CT molecular complexity index is 1370. The van der Waals surface area contributed by atoms with Crippen LogP contribution >= 0.6 is 39.1 Å². The standard InChI is InChI=1S/C26H26BrCl2N3O4S/c1-3-24(26(34)30-2)31(16-18-12-13-20(28)15-23(18)29)25(33)17-32(21-9-7-8-19(27)14-21)37(35,36)22-10-5-4-6-11-22/h4-15,24H,3,16-17H2,1-2H3,(H,30,34)/t24-/m1/s1. The molecule has 2 amide bonds. The summed E-state index contributed by atoms with van der Waals surface area (Å²) in [5, 5.41) is 3.35. The van der Waals surface area contributed by atoms with E-state index in [2.05, 4.69) is 21.2 Å². The first-order valence-electron chi connectivity index (χ1n) is 11.4. The van der Waals surface area contributed by atoms with E-state index < -0.39 is 28.5 Å². The molecule has 1 N–H and O–H groups in total. The van der Waals surface area contributed by atoms with Gasteiger partial charge in [0.2, 0.25) is 11.8 Å². The first kappa shape index (κ1) is 29.0. The van der Waals surface area contributed by atoms with Crippen LogP contribution in [0, 0.1) is 0 Å². The van der Waals surface area contributed by atoms with E-state index in [1.165, 1.54) is 24.1 Å². The molecule has 3 aromatic carbocycles. The fraction of sp³-hybridized carbons (Fsp3) is 0.231. The Morgan fingerprint density at radius 3 is 2.30 bits per heavy atom. The van der Waals surface area contributed by atoms with Crippen molar-refractivity contribution in [2.24, 2.45) is 0 Å². The van der Waals surface area contributed by atoms with E-state index in [-0.39, 0.29) is 17.3 Å². The average molecular weight is 627 g/mol. The lowest BCUT2D eigenvalue weighted by Crippen LogP contribution is -2.51. The number of halogens is 3. The molecule has 0 aromatic heterocycles. The van der Waals surface area contributed by atoms with Crippen LogP contribution in [0.3, 0.4) is 0 Å². The number of amides is 2. The van der Waals surface area contributed by atoms with E-state index in [0.29, 0.717) is 32.2 Å². The summed E-state index contributed by atoms with van der Waals surface area (Å²) in [5.74, 6) is -0.943. The fourth-order valence-electron chi connectivity index (χ4n) is 3.80. The SMILES string of the molecule is CC[C@H](C(=O)NC)N(Cc1ccc(Cl)cc1Cl)C(=O)CN(c1cccc(Br)c1)S(=O)(=O)c1ccccc1. The molecule has 1 atom stereocenters. The van der Waals surface area contributed by atoms with Crippen LogP contribution < -0.4 is 9.62 Å². The lowest BCUT2D eigenvalue weighted by Gasteiger charge is -2.33. The predicted molar refractivity (Wildman–Crippen MR) is 150 cm³/mol. The third-order valence-electron chi connectivity index (χ3n) is 5.69. The molecule has 0 saturated carbocycles. The van der Waals surface area contributed by atoms with Gasteiger partial charge in [0.05, 0.1) is 10.6 Å². The molecule has 0 saturated heterocycles.